The first-order chi connectivity index (χ1) is 8.32. The topological polar surface area (TPSA) is 130 Å². The van der Waals surface area contributed by atoms with Crippen molar-refractivity contribution < 1.29 is 33.0 Å². The Labute approximate surface area is 105 Å². The number of carboxylic acid groups (broad SMARTS) is 1. The molecule has 0 aromatic heterocycles. The van der Waals surface area contributed by atoms with Gasteiger partial charge in [-0.3, -0.25) is 9.59 Å². The Bertz CT molecular complexity index is 378. The standard InChI is InChI=1S/C9H17NO7S/c1-17-8(12)3-2-6-18(15,16)10-7(4-5-11)9(13)14/h7,10-11H,2-6H2,1H3,(H,13,14)/t7-/m1/s1. The van der Waals surface area contributed by atoms with Crippen LogP contribution in [0.2, 0.25) is 0 Å². The van der Waals surface area contributed by atoms with Crippen molar-refractivity contribution in [2.75, 3.05) is 19.5 Å². The molecule has 0 aromatic carbocycles. The van der Waals surface area contributed by atoms with E-state index in [1.807, 2.05) is 4.72 Å². The predicted octanol–water partition coefficient (Wildman–Crippen LogP) is -1.31. The summed E-state index contributed by atoms with van der Waals surface area (Å²) in [7, 11) is -2.61. The van der Waals surface area contributed by atoms with Crippen LogP contribution in [-0.4, -0.2) is 56.1 Å². The summed E-state index contributed by atoms with van der Waals surface area (Å²) in [4.78, 5) is 21.4. The lowest BCUT2D eigenvalue weighted by molar-refractivity contribution is -0.141. The van der Waals surface area contributed by atoms with E-state index < -0.39 is 34.6 Å². The molecule has 0 saturated carbocycles. The fourth-order valence-electron chi connectivity index (χ4n) is 1.15. The number of nitrogens with one attached hydrogen (secondary N) is 1. The highest BCUT2D eigenvalue weighted by molar-refractivity contribution is 7.89. The van der Waals surface area contributed by atoms with Crippen molar-refractivity contribution in [2.45, 2.75) is 25.3 Å². The minimum atomic E-state index is -3.80. The molecule has 0 aliphatic carbocycles. The second-order valence-electron chi connectivity index (χ2n) is 3.52. The van der Waals surface area contributed by atoms with Gasteiger partial charge in [-0.2, -0.15) is 0 Å². The first-order valence-corrected chi connectivity index (χ1v) is 6.88. The number of carbonyl (C=O) groups excluding carboxylic acids is 1. The lowest BCUT2D eigenvalue weighted by Gasteiger charge is -2.13. The van der Waals surface area contributed by atoms with Gasteiger partial charge in [-0.05, 0) is 12.8 Å². The summed E-state index contributed by atoms with van der Waals surface area (Å²) in [6.45, 7) is -0.443. The molecule has 0 aliphatic rings. The van der Waals surface area contributed by atoms with Crippen LogP contribution in [0, 0.1) is 0 Å². The number of methoxy groups -OCH3 is 1. The van der Waals surface area contributed by atoms with Crippen LogP contribution < -0.4 is 4.72 Å². The van der Waals surface area contributed by atoms with Gasteiger partial charge in [0, 0.05) is 13.0 Å². The lowest BCUT2D eigenvalue weighted by Crippen LogP contribution is -2.42. The molecule has 0 fully saturated rings. The molecule has 3 N–H and O–H groups in total. The number of carboxylic acids is 1. The first kappa shape index (κ1) is 16.8. The molecule has 1 atom stereocenters. The molecule has 0 aromatic rings. The number of aliphatic carboxylic acids is 1. The molecule has 18 heavy (non-hydrogen) atoms. The SMILES string of the molecule is COC(=O)CCCS(=O)(=O)N[C@H](CCO)C(=O)O. The number of hydrogen-bond donors (Lipinski definition) is 3. The smallest absolute Gasteiger partial charge is 0.321 e. The highest BCUT2D eigenvalue weighted by Crippen LogP contribution is 2.00. The molecule has 106 valence electrons. The third kappa shape index (κ3) is 7.20. The van der Waals surface area contributed by atoms with Gasteiger partial charge in [0.25, 0.3) is 0 Å². The van der Waals surface area contributed by atoms with E-state index >= 15 is 0 Å². The molecule has 0 amide bonds. The van der Waals surface area contributed by atoms with E-state index in [1.54, 1.807) is 0 Å². The number of esters is 1. The zero-order valence-corrected chi connectivity index (χ0v) is 10.8. The average Bonchev–Trinajstić information content (AvgIpc) is 2.27. The number of ether oxygens (including phenoxy) is 1. The van der Waals surface area contributed by atoms with E-state index in [4.69, 9.17) is 10.2 Å². The average molecular weight is 283 g/mol. The number of rotatable bonds is 9. The first-order valence-electron chi connectivity index (χ1n) is 5.23. The third-order valence-electron chi connectivity index (χ3n) is 2.06. The second-order valence-corrected chi connectivity index (χ2v) is 5.39. The molecule has 0 bridgehead atoms. The van der Waals surface area contributed by atoms with Gasteiger partial charge in [-0.25, -0.2) is 13.1 Å². The molecule has 0 rings (SSSR count). The number of carbonyl (C=O) groups is 2. The van der Waals surface area contributed by atoms with Gasteiger partial charge in [-0.15, -0.1) is 0 Å². The van der Waals surface area contributed by atoms with Crippen molar-refractivity contribution in [3.8, 4) is 0 Å². The molecule has 0 unspecified atom stereocenters. The van der Waals surface area contributed by atoms with Crippen LogP contribution in [-0.2, 0) is 24.3 Å². The van der Waals surface area contributed by atoms with Crippen LogP contribution in [0.15, 0.2) is 0 Å². The number of hydrogen-bond acceptors (Lipinski definition) is 6. The number of aliphatic hydroxyl groups is 1. The Morgan fingerprint density at radius 3 is 2.44 bits per heavy atom. The van der Waals surface area contributed by atoms with Crippen LogP contribution >= 0.6 is 0 Å². The molecular weight excluding hydrogens is 266 g/mol. The summed E-state index contributed by atoms with van der Waals surface area (Å²) in [6, 6.07) is -1.36. The van der Waals surface area contributed by atoms with Crippen LogP contribution in [0.5, 0.6) is 0 Å². The van der Waals surface area contributed by atoms with E-state index in [9.17, 15) is 18.0 Å². The van der Waals surface area contributed by atoms with Crippen LogP contribution in [0.3, 0.4) is 0 Å². The summed E-state index contributed by atoms with van der Waals surface area (Å²) in [5, 5.41) is 17.3. The van der Waals surface area contributed by atoms with Gasteiger partial charge in [0.05, 0.1) is 12.9 Å². The predicted molar refractivity (Wildman–Crippen MR) is 61.3 cm³/mol. The van der Waals surface area contributed by atoms with Crippen molar-refractivity contribution in [3.05, 3.63) is 0 Å². The molecule has 0 heterocycles. The zero-order valence-electron chi connectivity index (χ0n) is 9.96. The maximum atomic E-state index is 11.5. The molecule has 0 spiro atoms. The minimum Gasteiger partial charge on any atom is -0.480 e. The molecule has 9 heteroatoms. The van der Waals surface area contributed by atoms with Crippen molar-refractivity contribution in [1.29, 1.82) is 0 Å². The Kier molecular flexibility index (Phi) is 7.48. The summed E-state index contributed by atoms with van der Waals surface area (Å²) in [5.41, 5.74) is 0. The molecule has 8 nitrogen and oxygen atoms in total. The summed E-state index contributed by atoms with van der Waals surface area (Å²) >= 11 is 0. The normalized spacial score (nSPS) is 13.0. The Hall–Kier alpha value is -1.19. The van der Waals surface area contributed by atoms with Crippen LogP contribution in [0.1, 0.15) is 19.3 Å². The fourth-order valence-corrected chi connectivity index (χ4v) is 2.44. The Balaban J connectivity index is 4.28. The van der Waals surface area contributed by atoms with Gasteiger partial charge in [-0.1, -0.05) is 0 Å². The highest BCUT2D eigenvalue weighted by Gasteiger charge is 2.23. The lowest BCUT2D eigenvalue weighted by atomic mass is 10.2. The summed E-state index contributed by atoms with van der Waals surface area (Å²) in [5.74, 6) is -2.27. The molecule has 0 saturated heterocycles. The second kappa shape index (κ2) is 8.01. The van der Waals surface area contributed by atoms with Crippen molar-refractivity contribution in [2.24, 2.45) is 0 Å². The van der Waals surface area contributed by atoms with Crippen molar-refractivity contribution in [1.82, 2.24) is 4.72 Å². The fraction of sp³-hybridized carbons (Fsp3) is 0.778. The quantitative estimate of drug-likeness (QED) is 0.448. The minimum absolute atomic E-state index is 0.0352. The largest absolute Gasteiger partial charge is 0.480 e. The maximum absolute atomic E-state index is 11.5. The van der Waals surface area contributed by atoms with Gasteiger partial charge in [0.2, 0.25) is 10.0 Å². The van der Waals surface area contributed by atoms with E-state index in [-0.39, 0.29) is 25.0 Å². The molecule has 0 radical (unpaired) electrons. The van der Waals surface area contributed by atoms with E-state index in [1.165, 1.54) is 7.11 Å². The van der Waals surface area contributed by atoms with E-state index in [0.29, 0.717) is 0 Å². The molecular formula is C9H17NO7S. The summed E-state index contributed by atoms with van der Waals surface area (Å²) in [6.07, 6.45) is -0.242. The van der Waals surface area contributed by atoms with Crippen molar-refractivity contribution >= 4 is 22.0 Å². The zero-order chi connectivity index (χ0) is 14.2. The van der Waals surface area contributed by atoms with Gasteiger partial charge in [0.15, 0.2) is 0 Å². The maximum Gasteiger partial charge on any atom is 0.321 e. The van der Waals surface area contributed by atoms with Crippen LogP contribution in [0.4, 0.5) is 0 Å². The van der Waals surface area contributed by atoms with Gasteiger partial charge in [0.1, 0.15) is 6.04 Å². The molecule has 0 aliphatic heterocycles. The number of sulfonamides is 1. The van der Waals surface area contributed by atoms with Gasteiger partial charge >= 0.3 is 11.9 Å². The van der Waals surface area contributed by atoms with E-state index in [2.05, 4.69) is 4.74 Å². The van der Waals surface area contributed by atoms with E-state index in [0.717, 1.165) is 0 Å². The summed E-state index contributed by atoms with van der Waals surface area (Å²) < 4.78 is 29.3. The number of aliphatic hydroxyl groups excluding tert-OH is 1. The Morgan fingerprint density at radius 1 is 1.39 bits per heavy atom. The third-order valence-corrected chi connectivity index (χ3v) is 3.53. The highest BCUT2D eigenvalue weighted by atomic mass is 32.2. The Morgan fingerprint density at radius 2 is 2.00 bits per heavy atom. The van der Waals surface area contributed by atoms with Crippen molar-refractivity contribution in [3.63, 3.8) is 0 Å². The monoisotopic (exact) mass is 283 g/mol. The van der Waals surface area contributed by atoms with Gasteiger partial charge < -0.3 is 14.9 Å². The van der Waals surface area contributed by atoms with Crippen LogP contribution in [0.25, 0.3) is 0 Å².